The summed E-state index contributed by atoms with van der Waals surface area (Å²) < 4.78 is 11.3. The van der Waals surface area contributed by atoms with E-state index in [-0.39, 0.29) is 12.2 Å². The molecule has 2 aromatic heterocycles. The van der Waals surface area contributed by atoms with Crippen LogP contribution in [0.15, 0.2) is 85.1 Å². The lowest BCUT2D eigenvalue weighted by Crippen LogP contribution is -2.00. The van der Waals surface area contributed by atoms with Crippen molar-refractivity contribution in [3.63, 3.8) is 0 Å². The van der Waals surface area contributed by atoms with Crippen LogP contribution in [0.25, 0.3) is 11.0 Å². The van der Waals surface area contributed by atoms with Crippen molar-refractivity contribution in [2.24, 2.45) is 0 Å². The number of Topliss-reactive ketones (excluding diaryl/α,β-unsaturated/α-hetero) is 1. The van der Waals surface area contributed by atoms with Crippen molar-refractivity contribution in [1.82, 2.24) is 9.97 Å². The number of nitrogens with one attached hydrogen (secondary N) is 1. The molecule has 5 nitrogen and oxygen atoms in total. The first-order valence-electron chi connectivity index (χ1n) is 9.60. The number of carbonyl (C=O) groups is 1. The maximum atomic E-state index is 12.5. The van der Waals surface area contributed by atoms with Gasteiger partial charge in [-0.25, -0.2) is 4.98 Å². The van der Waals surface area contributed by atoms with Gasteiger partial charge in [0.25, 0.3) is 0 Å². The highest BCUT2D eigenvalue weighted by atomic mass is 35.5. The van der Waals surface area contributed by atoms with Gasteiger partial charge in [-0.05, 0) is 42.8 Å². The van der Waals surface area contributed by atoms with E-state index >= 15 is 0 Å². The summed E-state index contributed by atoms with van der Waals surface area (Å²) in [4.78, 5) is 19.8. The van der Waals surface area contributed by atoms with Crippen molar-refractivity contribution < 1.29 is 14.3 Å². The number of H-pyrrole nitrogens is 1. The molecule has 3 rings (SSSR count). The SMILES string of the molecule is C=C(OCC)/C(=C\C=C/CC(=O)c1c[nH]c2ncccc12)OCc1ccc(Cl)cc1. The fourth-order valence-electron chi connectivity index (χ4n) is 2.84. The number of aromatic nitrogens is 2. The molecule has 0 saturated heterocycles. The number of fused-ring (bicyclic) bond motifs is 1. The van der Waals surface area contributed by atoms with Crippen LogP contribution in [-0.2, 0) is 16.1 Å². The molecule has 0 bridgehead atoms. The summed E-state index contributed by atoms with van der Waals surface area (Å²) in [6.07, 6.45) is 8.94. The minimum Gasteiger partial charge on any atom is -0.491 e. The minimum atomic E-state index is 0.00571. The molecule has 30 heavy (non-hydrogen) atoms. The number of allylic oxidation sites excluding steroid dienone is 3. The standard InChI is InChI=1S/C24H23ClN2O3/c1-3-29-17(2)23(30-16-18-10-12-19(25)13-11-18)9-5-4-8-22(28)21-15-27-24-20(21)7-6-14-26-24/h4-7,9-15H,2-3,8,16H2,1H3,(H,26,27)/b5-4-,23-9+. The zero-order chi connectivity index (χ0) is 21.3. The Bertz CT molecular complexity index is 1080. The summed E-state index contributed by atoms with van der Waals surface area (Å²) in [5, 5.41) is 1.50. The number of ketones is 1. The molecule has 0 aliphatic carbocycles. The molecule has 2 heterocycles. The number of benzene rings is 1. The Hall–Kier alpha value is -3.31. The van der Waals surface area contributed by atoms with E-state index in [9.17, 15) is 4.79 Å². The minimum absolute atomic E-state index is 0.00571. The van der Waals surface area contributed by atoms with Gasteiger partial charge in [-0.2, -0.15) is 0 Å². The van der Waals surface area contributed by atoms with E-state index in [2.05, 4.69) is 16.5 Å². The smallest absolute Gasteiger partial charge is 0.168 e. The molecule has 3 aromatic rings. The molecular formula is C24H23ClN2O3. The number of aromatic amines is 1. The van der Waals surface area contributed by atoms with Crippen LogP contribution in [0.5, 0.6) is 0 Å². The Balaban J connectivity index is 1.64. The summed E-state index contributed by atoms with van der Waals surface area (Å²) in [6, 6.07) is 11.1. The molecule has 1 aromatic carbocycles. The average Bonchev–Trinajstić information content (AvgIpc) is 3.18. The zero-order valence-electron chi connectivity index (χ0n) is 16.7. The molecule has 154 valence electrons. The fraction of sp³-hybridized carbons (Fsp3) is 0.167. The number of hydrogen-bond acceptors (Lipinski definition) is 4. The van der Waals surface area contributed by atoms with Gasteiger partial charge in [0.15, 0.2) is 17.3 Å². The normalized spacial score (nSPS) is 11.7. The molecule has 1 N–H and O–H groups in total. The first kappa shape index (κ1) is 21.4. The van der Waals surface area contributed by atoms with E-state index in [0.717, 1.165) is 10.9 Å². The molecule has 0 aliphatic heterocycles. The van der Waals surface area contributed by atoms with Crippen molar-refractivity contribution in [2.75, 3.05) is 6.61 Å². The predicted octanol–water partition coefficient (Wildman–Crippen LogP) is 6.00. The molecular weight excluding hydrogens is 400 g/mol. The molecule has 0 aliphatic rings. The Morgan fingerprint density at radius 3 is 2.80 bits per heavy atom. The van der Waals surface area contributed by atoms with Gasteiger partial charge in [0.05, 0.1) is 6.61 Å². The van der Waals surface area contributed by atoms with E-state index in [1.165, 1.54) is 0 Å². The number of rotatable bonds is 10. The van der Waals surface area contributed by atoms with Crippen LogP contribution < -0.4 is 0 Å². The highest BCUT2D eigenvalue weighted by Gasteiger charge is 2.11. The lowest BCUT2D eigenvalue weighted by atomic mass is 10.1. The number of carbonyl (C=O) groups excluding carboxylic acids is 1. The van der Waals surface area contributed by atoms with Crippen molar-refractivity contribution in [2.45, 2.75) is 20.0 Å². The van der Waals surface area contributed by atoms with E-state index in [1.807, 2.05) is 43.3 Å². The van der Waals surface area contributed by atoms with E-state index in [1.54, 1.807) is 30.6 Å². The zero-order valence-corrected chi connectivity index (χ0v) is 17.5. The Kier molecular flexibility index (Phi) is 7.46. The van der Waals surface area contributed by atoms with Crippen LogP contribution in [0.2, 0.25) is 5.02 Å². The first-order valence-corrected chi connectivity index (χ1v) is 9.97. The second-order valence-corrected chi connectivity index (χ2v) is 6.90. The third kappa shape index (κ3) is 5.61. The average molecular weight is 423 g/mol. The number of ether oxygens (including phenoxy) is 2. The van der Waals surface area contributed by atoms with Crippen LogP contribution >= 0.6 is 11.6 Å². The van der Waals surface area contributed by atoms with E-state index in [4.69, 9.17) is 21.1 Å². The number of nitrogens with zero attached hydrogens (tertiary/aromatic N) is 1. The quantitative estimate of drug-likeness (QED) is 0.247. The molecule has 0 unspecified atom stereocenters. The van der Waals surface area contributed by atoms with Gasteiger partial charge >= 0.3 is 0 Å². The van der Waals surface area contributed by atoms with Crippen LogP contribution in [0.4, 0.5) is 0 Å². The summed E-state index contributed by atoms with van der Waals surface area (Å²) in [6.45, 7) is 6.63. The monoisotopic (exact) mass is 422 g/mol. The van der Waals surface area contributed by atoms with Crippen molar-refractivity contribution in [3.8, 4) is 0 Å². The first-order chi connectivity index (χ1) is 14.6. The van der Waals surface area contributed by atoms with E-state index < -0.39 is 0 Å². The van der Waals surface area contributed by atoms with Gasteiger partial charge in [-0.15, -0.1) is 0 Å². The maximum Gasteiger partial charge on any atom is 0.168 e. The van der Waals surface area contributed by atoms with Gasteiger partial charge in [0.1, 0.15) is 12.3 Å². The largest absolute Gasteiger partial charge is 0.491 e. The molecule has 0 atom stereocenters. The lowest BCUT2D eigenvalue weighted by molar-refractivity contribution is 0.0997. The fourth-order valence-corrected chi connectivity index (χ4v) is 2.96. The van der Waals surface area contributed by atoms with Crippen LogP contribution in [-0.4, -0.2) is 22.4 Å². The highest BCUT2D eigenvalue weighted by Crippen LogP contribution is 2.18. The summed E-state index contributed by atoms with van der Waals surface area (Å²) in [5.74, 6) is 0.947. The maximum absolute atomic E-state index is 12.5. The second-order valence-electron chi connectivity index (χ2n) is 6.46. The third-order valence-electron chi connectivity index (χ3n) is 4.34. The molecule has 0 saturated carbocycles. The Morgan fingerprint density at radius 1 is 1.23 bits per heavy atom. The third-order valence-corrected chi connectivity index (χ3v) is 4.59. The van der Waals surface area contributed by atoms with Crippen LogP contribution in [0.3, 0.4) is 0 Å². The highest BCUT2D eigenvalue weighted by molar-refractivity contribution is 6.30. The van der Waals surface area contributed by atoms with Crippen molar-refractivity contribution in [3.05, 3.63) is 101 Å². The predicted molar refractivity (Wildman–Crippen MR) is 119 cm³/mol. The van der Waals surface area contributed by atoms with Gasteiger partial charge in [0.2, 0.25) is 0 Å². The number of halogens is 1. The summed E-state index contributed by atoms with van der Waals surface area (Å²) in [7, 11) is 0. The van der Waals surface area contributed by atoms with Crippen molar-refractivity contribution in [1.29, 1.82) is 0 Å². The summed E-state index contributed by atoms with van der Waals surface area (Å²) in [5.41, 5.74) is 2.31. The van der Waals surface area contributed by atoms with Crippen LogP contribution in [0, 0.1) is 0 Å². The molecule has 0 fully saturated rings. The van der Waals surface area contributed by atoms with Gasteiger partial charge < -0.3 is 14.5 Å². The molecule has 0 amide bonds. The Labute approximate surface area is 180 Å². The lowest BCUT2D eigenvalue weighted by Gasteiger charge is -2.13. The van der Waals surface area contributed by atoms with Gasteiger partial charge in [-0.3, -0.25) is 4.79 Å². The van der Waals surface area contributed by atoms with Gasteiger partial charge in [-0.1, -0.05) is 42.5 Å². The Morgan fingerprint density at radius 2 is 2.03 bits per heavy atom. The number of hydrogen-bond donors (Lipinski definition) is 1. The second kappa shape index (κ2) is 10.5. The van der Waals surface area contributed by atoms with Gasteiger partial charge in [0, 0.05) is 34.8 Å². The molecule has 0 spiro atoms. The molecule has 0 radical (unpaired) electrons. The summed E-state index contributed by atoms with van der Waals surface area (Å²) >= 11 is 5.92. The van der Waals surface area contributed by atoms with E-state index in [0.29, 0.717) is 41.0 Å². The van der Waals surface area contributed by atoms with Crippen LogP contribution in [0.1, 0.15) is 29.3 Å². The number of pyridine rings is 1. The van der Waals surface area contributed by atoms with Crippen molar-refractivity contribution >= 4 is 28.4 Å². The molecule has 6 heteroatoms. The topological polar surface area (TPSA) is 64.2 Å².